The Balaban J connectivity index is 2.18. The molecule has 2 atom stereocenters. The quantitative estimate of drug-likeness (QED) is 0.672. The minimum absolute atomic E-state index is 0.0798. The van der Waals surface area contributed by atoms with Crippen molar-refractivity contribution in [3.05, 3.63) is 0 Å². The van der Waals surface area contributed by atoms with Gasteiger partial charge in [-0.2, -0.15) is 0 Å². The predicted octanol–water partition coefficient (Wildman–Crippen LogP) is 1.15. The van der Waals surface area contributed by atoms with Crippen LogP contribution in [0.25, 0.3) is 0 Å². The van der Waals surface area contributed by atoms with E-state index in [2.05, 4.69) is 24.5 Å². The molecule has 3 nitrogen and oxygen atoms in total. The summed E-state index contributed by atoms with van der Waals surface area (Å²) in [6.07, 6.45) is 2.56. The van der Waals surface area contributed by atoms with E-state index in [0.717, 1.165) is 19.0 Å². The summed E-state index contributed by atoms with van der Waals surface area (Å²) in [6.45, 7) is 7.83. The molecule has 1 fully saturated rings. The molecule has 0 saturated heterocycles. The van der Waals surface area contributed by atoms with Crippen LogP contribution in [0.5, 0.6) is 0 Å². The third kappa shape index (κ3) is 3.66. The lowest BCUT2D eigenvalue weighted by Crippen LogP contribution is -2.40. The highest BCUT2D eigenvalue weighted by atomic mass is 16.1. The summed E-state index contributed by atoms with van der Waals surface area (Å²) in [5.74, 6) is 1.01. The highest BCUT2D eigenvalue weighted by molar-refractivity contribution is 5.78. The van der Waals surface area contributed by atoms with Gasteiger partial charge in [0.15, 0.2) is 0 Å². The fourth-order valence-electron chi connectivity index (χ4n) is 1.53. The molecule has 1 aliphatic carbocycles. The van der Waals surface area contributed by atoms with E-state index in [-0.39, 0.29) is 11.8 Å². The zero-order chi connectivity index (χ0) is 10.6. The van der Waals surface area contributed by atoms with Crippen molar-refractivity contribution >= 4 is 5.91 Å². The summed E-state index contributed by atoms with van der Waals surface area (Å²) in [4.78, 5) is 11.6. The summed E-state index contributed by atoms with van der Waals surface area (Å²) >= 11 is 0. The van der Waals surface area contributed by atoms with E-state index in [1.54, 1.807) is 0 Å². The first-order valence-corrected chi connectivity index (χ1v) is 5.66. The smallest absolute Gasteiger partial charge is 0.224 e. The van der Waals surface area contributed by atoms with Gasteiger partial charge in [0.2, 0.25) is 5.91 Å². The molecule has 0 aromatic heterocycles. The van der Waals surface area contributed by atoms with E-state index in [0.29, 0.717) is 6.04 Å². The Hall–Kier alpha value is -0.570. The fourth-order valence-corrected chi connectivity index (χ4v) is 1.53. The van der Waals surface area contributed by atoms with Crippen molar-refractivity contribution in [3.63, 3.8) is 0 Å². The van der Waals surface area contributed by atoms with Gasteiger partial charge in [-0.15, -0.1) is 0 Å². The molecule has 0 radical (unpaired) electrons. The summed E-state index contributed by atoms with van der Waals surface area (Å²) in [6, 6.07) is 0.367. The number of nitrogens with one attached hydrogen (secondary N) is 2. The first-order chi connectivity index (χ1) is 6.65. The second kappa shape index (κ2) is 5.35. The fraction of sp³-hybridized carbons (Fsp3) is 0.909. The molecule has 0 aromatic carbocycles. The molecular formula is C11H22N2O. The predicted molar refractivity (Wildman–Crippen MR) is 58.0 cm³/mol. The Morgan fingerprint density at radius 3 is 2.57 bits per heavy atom. The molecule has 1 rings (SSSR count). The van der Waals surface area contributed by atoms with Crippen molar-refractivity contribution in [2.45, 2.75) is 39.7 Å². The number of hydrogen-bond donors (Lipinski definition) is 2. The van der Waals surface area contributed by atoms with Crippen molar-refractivity contribution in [1.82, 2.24) is 10.6 Å². The first-order valence-electron chi connectivity index (χ1n) is 5.66. The highest BCUT2D eigenvalue weighted by Crippen LogP contribution is 2.32. The Kier molecular flexibility index (Phi) is 4.39. The molecule has 1 aliphatic rings. The van der Waals surface area contributed by atoms with Gasteiger partial charge in [0.05, 0.1) is 0 Å². The Bertz CT molecular complexity index is 190. The first kappa shape index (κ1) is 11.5. The monoisotopic (exact) mass is 198 g/mol. The highest BCUT2D eigenvalue weighted by Gasteiger charge is 2.29. The molecule has 1 saturated carbocycles. The molecule has 0 bridgehead atoms. The lowest BCUT2D eigenvalue weighted by molar-refractivity contribution is -0.125. The SMILES string of the molecule is CCNCC(C)C(=O)NC(C)C1CC1. The van der Waals surface area contributed by atoms with E-state index in [4.69, 9.17) is 0 Å². The minimum Gasteiger partial charge on any atom is -0.353 e. The van der Waals surface area contributed by atoms with Crippen LogP contribution in [0.15, 0.2) is 0 Å². The van der Waals surface area contributed by atoms with Crippen LogP contribution in [0.3, 0.4) is 0 Å². The van der Waals surface area contributed by atoms with Gasteiger partial charge < -0.3 is 10.6 Å². The molecule has 14 heavy (non-hydrogen) atoms. The maximum atomic E-state index is 11.6. The largest absolute Gasteiger partial charge is 0.353 e. The second-order valence-corrected chi connectivity index (χ2v) is 4.34. The Morgan fingerprint density at radius 2 is 2.07 bits per heavy atom. The average molecular weight is 198 g/mol. The van der Waals surface area contributed by atoms with Crippen LogP contribution in [-0.4, -0.2) is 25.0 Å². The molecule has 3 heteroatoms. The van der Waals surface area contributed by atoms with Gasteiger partial charge in [0.1, 0.15) is 0 Å². The Morgan fingerprint density at radius 1 is 1.43 bits per heavy atom. The van der Waals surface area contributed by atoms with Crippen molar-refractivity contribution < 1.29 is 4.79 Å². The van der Waals surface area contributed by atoms with Crippen LogP contribution in [-0.2, 0) is 4.79 Å². The molecule has 1 amide bonds. The molecule has 82 valence electrons. The lowest BCUT2D eigenvalue weighted by atomic mass is 10.1. The van der Waals surface area contributed by atoms with Crippen LogP contribution in [0.1, 0.15) is 33.6 Å². The lowest BCUT2D eigenvalue weighted by Gasteiger charge is -2.17. The maximum Gasteiger partial charge on any atom is 0.224 e. The van der Waals surface area contributed by atoms with Crippen LogP contribution < -0.4 is 10.6 Å². The number of rotatable bonds is 6. The minimum atomic E-state index is 0.0798. The molecule has 0 aliphatic heterocycles. The van der Waals surface area contributed by atoms with E-state index < -0.39 is 0 Å². The number of hydrogen-bond acceptors (Lipinski definition) is 2. The van der Waals surface area contributed by atoms with Gasteiger partial charge in [0, 0.05) is 18.5 Å². The number of amides is 1. The molecule has 0 aromatic rings. The molecule has 2 N–H and O–H groups in total. The number of carbonyl (C=O) groups excluding carboxylic acids is 1. The van der Waals surface area contributed by atoms with Crippen LogP contribution >= 0.6 is 0 Å². The van der Waals surface area contributed by atoms with Crippen LogP contribution in [0, 0.1) is 11.8 Å². The van der Waals surface area contributed by atoms with Crippen LogP contribution in [0.2, 0.25) is 0 Å². The standard InChI is InChI=1S/C11H22N2O/c1-4-12-7-8(2)11(14)13-9(3)10-5-6-10/h8-10,12H,4-7H2,1-3H3,(H,13,14). The van der Waals surface area contributed by atoms with Crippen molar-refractivity contribution in [2.24, 2.45) is 11.8 Å². The molecule has 2 unspecified atom stereocenters. The molecule has 0 spiro atoms. The van der Waals surface area contributed by atoms with Crippen molar-refractivity contribution in [1.29, 1.82) is 0 Å². The summed E-state index contributed by atoms with van der Waals surface area (Å²) < 4.78 is 0. The molecular weight excluding hydrogens is 176 g/mol. The molecule has 0 heterocycles. The summed E-state index contributed by atoms with van der Waals surface area (Å²) in [5, 5.41) is 6.26. The summed E-state index contributed by atoms with van der Waals surface area (Å²) in [7, 11) is 0. The number of carbonyl (C=O) groups is 1. The van der Waals surface area contributed by atoms with E-state index in [9.17, 15) is 4.79 Å². The van der Waals surface area contributed by atoms with E-state index >= 15 is 0 Å². The third-order valence-corrected chi connectivity index (χ3v) is 2.85. The van der Waals surface area contributed by atoms with Gasteiger partial charge in [-0.05, 0) is 32.2 Å². The van der Waals surface area contributed by atoms with Gasteiger partial charge in [-0.25, -0.2) is 0 Å². The third-order valence-electron chi connectivity index (χ3n) is 2.85. The van der Waals surface area contributed by atoms with E-state index in [1.807, 2.05) is 6.92 Å². The van der Waals surface area contributed by atoms with Crippen molar-refractivity contribution in [2.75, 3.05) is 13.1 Å². The topological polar surface area (TPSA) is 41.1 Å². The maximum absolute atomic E-state index is 11.6. The van der Waals surface area contributed by atoms with Gasteiger partial charge in [-0.3, -0.25) is 4.79 Å². The average Bonchev–Trinajstić information content (AvgIpc) is 2.96. The van der Waals surface area contributed by atoms with E-state index in [1.165, 1.54) is 12.8 Å². The van der Waals surface area contributed by atoms with Gasteiger partial charge in [-0.1, -0.05) is 13.8 Å². The van der Waals surface area contributed by atoms with Gasteiger partial charge >= 0.3 is 0 Å². The Labute approximate surface area is 86.6 Å². The van der Waals surface area contributed by atoms with Crippen LogP contribution in [0.4, 0.5) is 0 Å². The normalized spacial score (nSPS) is 20.2. The summed E-state index contributed by atoms with van der Waals surface area (Å²) in [5.41, 5.74) is 0. The van der Waals surface area contributed by atoms with Crippen molar-refractivity contribution in [3.8, 4) is 0 Å². The zero-order valence-electron chi connectivity index (χ0n) is 9.47. The van der Waals surface area contributed by atoms with Gasteiger partial charge in [0.25, 0.3) is 0 Å². The second-order valence-electron chi connectivity index (χ2n) is 4.34. The zero-order valence-corrected chi connectivity index (χ0v) is 9.47.